The van der Waals surface area contributed by atoms with Crippen molar-refractivity contribution in [2.75, 3.05) is 26.2 Å². The fourth-order valence-corrected chi connectivity index (χ4v) is 4.46. The van der Waals surface area contributed by atoms with Crippen LogP contribution in [0.4, 0.5) is 0 Å². The number of nitrogens with zero attached hydrogens (tertiary/aromatic N) is 1. The van der Waals surface area contributed by atoms with Crippen molar-refractivity contribution in [2.45, 2.75) is 83.2 Å². The highest BCUT2D eigenvalue weighted by Crippen LogP contribution is 2.27. The van der Waals surface area contributed by atoms with E-state index in [1.807, 2.05) is 4.90 Å². The Morgan fingerprint density at radius 2 is 2.04 bits per heavy atom. The molecule has 0 bridgehead atoms. The number of amides is 2. The second-order valence-corrected chi connectivity index (χ2v) is 8.01. The van der Waals surface area contributed by atoms with Gasteiger partial charge in [0, 0.05) is 19.1 Å². The quantitative estimate of drug-likeness (QED) is 0.460. The summed E-state index contributed by atoms with van der Waals surface area (Å²) in [6, 6.07) is 0.123. The van der Waals surface area contributed by atoms with Crippen LogP contribution in [0.5, 0.6) is 0 Å². The van der Waals surface area contributed by atoms with Crippen molar-refractivity contribution in [1.82, 2.24) is 15.5 Å². The summed E-state index contributed by atoms with van der Waals surface area (Å²) in [6.07, 6.45) is 12.3. The van der Waals surface area contributed by atoms with Gasteiger partial charge in [0.2, 0.25) is 11.8 Å². The molecule has 2 amide bonds. The predicted octanol–water partition coefficient (Wildman–Crippen LogP) is 1.78. The van der Waals surface area contributed by atoms with Gasteiger partial charge in [-0.1, -0.05) is 45.4 Å². The first kappa shape index (κ1) is 21.2. The number of nitrogens with two attached hydrogens (primary N) is 1. The highest BCUT2D eigenvalue weighted by molar-refractivity contribution is 5.84. The third-order valence-corrected chi connectivity index (χ3v) is 5.89. The number of nitrogens with one attached hydrogen (secondary N) is 2. The summed E-state index contributed by atoms with van der Waals surface area (Å²) in [5.74, 6) is 0.777. The molecule has 150 valence electrons. The molecule has 1 aliphatic heterocycles. The molecular weight excluding hydrogens is 328 g/mol. The second kappa shape index (κ2) is 11.5. The van der Waals surface area contributed by atoms with Crippen molar-refractivity contribution in [3.05, 3.63) is 0 Å². The maximum atomic E-state index is 12.8. The molecule has 2 fully saturated rings. The summed E-state index contributed by atoms with van der Waals surface area (Å²) < 4.78 is 0. The van der Waals surface area contributed by atoms with Gasteiger partial charge in [0.15, 0.2) is 0 Å². The molecule has 1 saturated heterocycles. The molecule has 0 aromatic rings. The van der Waals surface area contributed by atoms with Crippen LogP contribution in [0.1, 0.15) is 71.1 Å². The van der Waals surface area contributed by atoms with Crippen molar-refractivity contribution >= 4 is 11.8 Å². The van der Waals surface area contributed by atoms with Crippen molar-refractivity contribution in [3.63, 3.8) is 0 Å². The average molecular weight is 367 g/mol. The molecule has 1 saturated carbocycles. The van der Waals surface area contributed by atoms with Gasteiger partial charge in [-0.15, -0.1) is 0 Å². The van der Waals surface area contributed by atoms with Crippen LogP contribution in [0.3, 0.4) is 0 Å². The van der Waals surface area contributed by atoms with Crippen LogP contribution in [0.2, 0.25) is 0 Å². The molecule has 6 heteroatoms. The van der Waals surface area contributed by atoms with Gasteiger partial charge in [-0.25, -0.2) is 0 Å². The van der Waals surface area contributed by atoms with E-state index < -0.39 is 0 Å². The van der Waals surface area contributed by atoms with Crippen LogP contribution in [-0.4, -0.2) is 55.0 Å². The number of hydrogen-bond acceptors (Lipinski definition) is 4. The molecule has 1 heterocycles. The minimum atomic E-state index is -0.356. The number of carbonyl (C=O) groups excluding carboxylic acids is 2. The maximum absolute atomic E-state index is 12.8. The summed E-state index contributed by atoms with van der Waals surface area (Å²) in [5, 5.41) is 6.57. The fourth-order valence-electron chi connectivity index (χ4n) is 4.46. The molecule has 6 nitrogen and oxygen atoms in total. The van der Waals surface area contributed by atoms with E-state index in [9.17, 15) is 9.59 Å². The highest BCUT2D eigenvalue weighted by atomic mass is 16.2. The Bertz CT molecular complexity index is 438. The largest absolute Gasteiger partial charge is 0.369 e. The Hall–Kier alpha value is -1.14. The third kappa shape index (κ3) is 6.88. The lowest BCUT2D eigenvalue weighted by Gasteiger charge is -2.28. The molecule has 2 rings (SSSR count). The predicted molar refractivity (Wildman–Crippen MR) is 105 cm³/mol. The number of primary amides is 1. The molecule has 0 spiro atoms. The van der Waals surface area contributed by atoms with Crippen molar-refractivity contribution in [1.29, 1.82) is 0 Å². The standard InChI is InChI=1S/C20H38N4O2/c1-2-7-17(14-22-15-19(21)25)24-13-11-18(20(24)26)23-12-6-10-16-8-4-3-5-9-16/h16-18,22-23H,2-15H2,1H3,(H2,21,25)/t17-,18+/m0/s1. The van der Waals surface area contributed by atoms with Crippen molar-refractivity contribution < 1.29 is 9.59 Å². The molecule has 1 aliphatic carbocycles. The van der Waals surface area contributed by atoms with Crippen molar-refractivity contribution in [2.24, 2.45) is 11.7 Å². The monoisotopic (exact) mass is 366 g/mol. The second-order valence-electron chi connectivity index (χ2n) is 8.01. The first-order valence-corrected chi connectivity index (χ1v) is 10.6. The SMILES string of the molecule is CCC[C@@H](CNCC(N)=O)N1CC[C@@H](NCCCC2CCCCC2)C1=O. The summed E-state index contributed by atoms with van der Waals surface area (Å²) in [4.78, 5) is 25.7. The Kier molecular flexibility index (Phi) is 9.40. The number of rotatable bonds is 12. The Morgan fingerprint density at radius 1 is 1.27 bits per heavy atom. The zero-order chi connectivity index (χ0) is 18.8. The minimum absolute atomic E-state index is 0.0307. The van der Waals surface area contributed by atoms with Crippen LogP contribution < -0.4 is 16.4 Å². The van der Waals surface area contributed by atoms with E-state index in [4.69, 9.17) is 5.73 Å². The van der Waals surface area contributed by atoms with Crippen LogP contribution in [0, 0.1) is 5.92 Å². The summed E-state index contributed by atoms with van der Waals surface area (Å²) >= 11 is 0. The molecular formula is C20H38N4O2. The van der Waals surface area contributed by atoms with Crippen LogP contribution in [0.25, 0.3) is 0 Å². The van der Waals surface area contributed by atoms with Gasteiger partial charge in [-0.2, -0.15) is 0 Å². The molecule has 2 aliphatic rings. The van der Waals surface area contributed by atoms with E-state index in [1.54, 1.807) is 0 Å². The van der Waals surface area contributed by atoms with E-state index >= 15 is 0 Å². The molecule has 0 radical (unpaired) electrons. The van der Waals surface area contributed by atoms with Crippen LogP contribution in [0.15, 0.2) is 0 Å². The number of carbonyl (C=O) groups is 2. The van der Waals surface area contributed by atoms with E-state index in [2.05, 4.69) is 17.6 Å². The van der Waals surface area contributed by atoms with Gasteiger partial charge in [0.25, 0.3) is 0 Å². The zero-order valence-electron chi connectivity index (χ0n) is 16.5. The van der Waals surface area contributed by atoms with Gasteiger partial charge < -0.3 is 21.3 Å². The minimum Gasteiger partial charge on any atom is -0.369 e. The maximum Gasteiger partial charge on any atom is 0.240 e. The Balaban J connectivity index is 1.69. The normalized spacial score (nSPS) is 22.7. The lowest BCUT2D eigenvalue weighted by molar-refractivity contribution is -0.131. The first-order chi connectivity index (χ1) is 12.6. The molecule has 0 aromatic carbocycles. The fraction of sp³-hybridized carbons (Fsp3) is 0.900. The molecule has 0 aromatic heterocycles. The van der Waals surface area contributed by atoms with E-state index in [0.717, 1.165) is 38.3 Å². The van der Waals surface area contributed by atoms with E-state index in [-0.39, 0.29) is 30.4 Å². The summed E-state index contributed by atoms with van der Waals surface area (Å²) in [7, 11) is 0. The van der Waals surface area contributed by atoms with Gasteiger partial charge in [-0.3, -0.25) is 9.59 Å². The zero-order valence-corrected chi connectivity index (χ0v) is 16.5. The molecule has 4 N–H and O–H groups in total. The molecule has 26 heavy (non-hydrogen) atoms. The van der Waals surface area contributed by atoms with Crippen LogP contribution in [-0.2, 0) is 9.59 Å². The third-order valence-electron chi connectivity index (χ3n) is 5.89. The smallest absolute Gasteiger partial charge is 0.240 e. The average Bonchev–Trinajstić information content (AvgIpc) is 2.99. The Morgan fingerprint density at radius 3 is 2.73 bits per heavy atom. The summed E-state index contributed by atoms with van der Waals surface area (Å²) in [5.41, 5.74) is 5.19. The molecule has 2 atom stereocenters. The summed E-state index contributed by atoms with van der Waals surface area (Å²) in [6.45, 7) is 4.69. The van der Waals surface area contributed by atoms with Gasteiger partial charge in [0.1, 0.15) is 0 Å². The number of likely N-dealkylation sites (tertiary alicyclic amines) is 1. The van der Waals surface area contributed by atoms with Gasteiger partial charge >= 0.3 is 0 Å². The molecule has 0 unspecified atom stereocenters. The highest BCUT2D eigenvalue weighted by Gasteiger charge is 2.35. The van der Waals surface area contributed by atoms with Crippen molar-refractivity contribution in [3.8, 4) is 0 Å². The first-order valence-electron chi connectivity index (χ1n) is 10.6. The topological polar surface area (TPSA) is 87.5 Å². The Labute approximate surface area is 158 Å². The van der Waals surface area contributed by atoms with Crippen LogP contribution >= 0.6 is 0 Å². The van der Waals surface area contributed by atoms with Gasteiger partial charge in [-0.05, 0) is 38.1 Å². The van der Waals surface area contributed by atoms with Gasteiger partial charge in [0.05, 0.1) is 12.6 Å². The lowest BCUT2D eigenvalue weighted by atomic mass is 9.86. The van der Waals surface area contributed by atoms with E-state index in [1.165, 1.54) is 44.9 Å². The number of hydrogen-bond donors (Lipinski definition) is 3. The van der Waals surface area contributed by atoms with E-state index in [0.29, 0.717) is 6.54 Å². The lowest BCUT2D eigenvalue weighted by Crippen LogP contribution is -2.47.